The monoisotopic (exact) mass is 306 g/mol. The molecule has 0 aromatic heterocycles. The van der Waals surface area contributed by atoms with E-state index in [2.05, 4.69) is 35.6 Å². The van der Waals surface area contributed by atoms with Gasteiger partial charge < -0.3 is 11.1 Å². The lowest BCUT2D eigenvalue weighted by Gasteiger charge is -2.15. The van der Waals surface area contributed by atoms with Crippen LogP contribution in [0.4, 0.5) is 0 Å². The lowest BCUT2D eigenvalue weighted by Crippen LogP contribution is -2.39. The van der Waals surface area contributed by atoms with Crippen LogP contribution in [0.25, 0.3) is 10.8 Å². The van der Waals surface area contributed by atoms with Gasteiger partial charge in [-0.25, -0.2) is 0 Å². The molecular formula is C17H23ClN2O. The summed E-state index contributed by atoms with van der Waals surface area (Å²) in [6.07, 6.45) is 0.832. The van der Waals surface area contributed by atoms with Crippen LogP contribution < -0.4 is 11.1 Å². The highest BCUT2D eigenvalue weighted by Crippen LogP contribution is 2.18. The summed E-state index contributed by atoms with van der Waals surface area (Å²) in [5.41, 5.74) is 6.99. The molecule has 0 spiro atoms. The minimum atomic E-state index is -0.150. The molecule has 0 aliphatic heterocycles. The molecule has 0 aliphatic rings. The Morgan fingerprint density at radius 1 is 1.14 bits per heavy atom. The zero-order valence-electron chi connectivity index (χ0n) is 12.5. The Morgan fingerprint density at radius 3 is 2.52 bits per heavy atom. The van der Waals surface area contributed by atoms with E-state index in [1.54, 1.807) is 0 Å². The van der Waals surface area contributed by atoms with E-state index >= 15 is 0 Å². The Bertz CT molecular complexity index is 593. The molecule has 2 aromatic rings. The van der Waals surface area contributed by atoms with E-state index in [0.717, 1.165) is 6.42 Å². The number of nitrogens with one attached hydrogen (secondary N) is 1. The Morgan fingerprint density at radius 2 is 1.81 bits per heavy atom. The summed E-state index contributed by atoms with van der Waals surface area (Å²) in [4.78, 5) is 11.8. The third-order valence-electron chi connectivity index (χ3n) is 3.78. The molecule has 114 valence electrons. The van der Waals surface area contributed by atoms with E-state index in [9.17, 15) is 4.79 Å². The first-order chi connectivity index (χ1) is 9.59. The SMILES string of the molecule is CC(N)C(C)C(=O)NCCc1cccc2ccccc12.Cl. The van der Waals surface area contributed by atoms with E-state index in [-0.39, 0.29) is 30.3 Å². The molecular weight excluding hydrogens is 284 g/mol. The van der Waals surface area contributed by atoms with Crippen LogP contribution in [0.5, 0.6) is 0 Å². The lowest BCUT2D eigenvalue weighted by molar-refractivity contribution is -0.124. The number of amides is 1. The van der Waals surface area contributed by atoms with Gasteiger partial charge in [-0.15, -0.1) is 12.4 Å². The molecule has 0 bridgehead atoms. The number of benzene rings is 2. The fourth-order valence-corrected chi connectivity index (χ4v) is 2.23. The number of carbonyl (C=O) groups excluding carboxylic acids is 1. The predicted octanol–water partition coefficient (Wildman–Crippen LogP) is 2.90. The summed E-state index contributed by atoms with van der Waals surface area (Å²) in [6, 6.07) is 14.5. The molecule has 3 nitrogen and oxygen atoms in total. The van der Waals surface area contributed by atoms with Crippen molar-refractivity contribution in [2.24, 2.45) is 11.7 Å². The number of rotatable bonds is 5. The molecule has 0 saturated carbocycles. The van der Waals surface area contributed by atoms with Gasteiger partial charge in [0.1, 0.15) is 0 Å². The number of nitrogens with two attached hydrogens (primary N) is 1. The van der Waals surface area contributed by atoms with Gasteiger partial charge in [-0.2, -0.15) is 0 Å². The number of halogens is 1. The zero-order valence-corrected chi connectivity index (χ0v) is 13.3. The van der Waals surface area contributed by atoms with Crippen molar-refractivity contribution in [1.29, 1.82) is 0 Å². The summed E-state index contributed by atoms with van der Waals surface area (Å²) < 4.78 is 0. The van der Waals surface area contributed by atoms with Crippen LogP contribution in [0.15, 0.2) is 42.5 Å². The number of hydrogen-bond acceptors (Lipinski definition) is 2. The van der Waals surface area contributed by atoms with Gasteiger partial charge >= 0.3 is 0 Å². The average molecular weight is 307 g/mol. The van der Waals surface area contributed by atoms with Crippen molar-refractivity contribution >= 4 is 29.1 Å². The second-order valence-corrected chi connectivity index (χ2v) is 5.33. The normalized spacial score (nSPS) is 13.3. The minimum absolute atomic E-state index is 0. The van der Waals surface area contributed by atoms with Gasteiger partial charge in [0.15, 0.2) is 0 Å². The lowest BCUT2D eigenvalue weighted by atomic mass is 10.0. The quantitative estimate of drug-likeness (QED) is 0.892. The van der Waals surface area contributed by atoms with Crippen LogP contribution in [0.1, 0.15) is 19.4 Å². The third-order valence-corrected chi connectivity index (χ3v) is 3.78. The summed E-state index contributed by atoms with van der Waals surface area (Å²) in [5.74, 6) is -0.122. The third kappa shape index (κ3) is 4.45. The topological polar surface area (TPSA) is 55.1 Å². The molecule has 4 heteroatoms. The van der Waals surface area contributed by atoms with Gasteiger partial charge in [0.05, 0.1) is 0 Å². The molecule has 0 aliphatic carbocycles. The molecule has 0 heterocycles. The Labute approximate surface area is 132 Å². The molecule has 21 heavy (non-hydrogen) atoms. The molecule has 3 N–H and O–H groups in total. The fourth-order valence-electron chi connectivity index (χ4n) is 2.23. The van der Waals surface area contributed by atoms with Crippen molar-refractivity contribution in [2.45, 2.75) is 26.3 Å². The van der Waals surface area contributed by atoms with Crippen molar-refractivity contribution in [3.8, 4) is 0 Å². The summed E-state index contributed by atoms with van der Waals surface area (Å²) >= 11 is 0. The van der Waals surface area contributed by atoms with Gasteiger partial charge in [0.25, 0.3) is 0 Å². The van der Waals surface area contributed by atoms with Crippen molar-refractivity contribution in [2.75, 3.05) is 6.54 Å². The smallest absolute Gasteiger partial charge is 0.224 e. The van der Waals surface area contributed by atoms with Gasteiger partial charge in [0, 0.05) is 18.5 Å². The van der Waals surface area contributed by atoms with Crippen molar-refractivity contribution in [3.05, 3.63) is 48.0 Å². The van der Waals surface area contributed by atoms with E-state index in [1.807, 2.05) is 26.0 Å². The second kappa shape index (κ2) is 8.01. The molecule has 2 unspecified atom stereocenters. The highest BCUT2D eigenvalue weighted by Gasteiger charge is 2.16. The zero-order chi connectivity index (χ0) is 14.5. The number of hydrogen-bond donors (Lipinski definition) is 2. The predicted molar refractivity (Wildman–Crippen MR) is 90.7 cm³/mol. The van der Waals surface area contributed by atoms with Crippen molar-refractivity contribution in [1.82, 2.24) is 5.32 Å². The van der Waals surface area contributed by atoms with Crippen LogP contribution in [-0.2, 0) is 11.2 Å². The number of carbonyl (C=O) groups is 1. The average Bonchev–Trinajstić information content (AvgIpc) is 2.46. The van der Waals surface area contributed by atoms with Crippen LogP contribution in [0, 0.1) is 5.92 Å². The second-order valence-electron chi connectivity index (χ2n) is 5.33. The molecule has 0 radical (unpaired) electrons. The molecule has 0 fully saturated rings. The van der Waals surface area contributed by atoms with Gasteiger partial charge in [-0.05, 0) is 29.7 Å². The Balaban J connectivity index is 0.00000220. The molecule has 0 saturated heterocycles. The maximum absolute atomic E-state index is 11.8. The van der Waals surface area contributed by atoms with Crippen molar-refractivity contribution < 1.29 is 4.79 Å². The van der Waals surface area contributed by atoms with E-state index in [4.69, 9.17) is 5.73 Å². The Kier molecular flexibility index (Phi) is 6.66. The molecule has 2 atom stereocenters. The maximum atomic E-state index is 11.8. The first-order valence-corrected chi connectivity index (χ1v) is 7.09. The van der Waals surface area contributed by atoms with Crippen LogP contribution in [0.2, 0.25) is 0 Å². The molecule has 1 amide bonds. The van der Waals surface area contributed by atoms with Crippen molar-refractivity contribution in [3.63, 3.8) is 0 Å². The fraction of sp³-hybridized carbons (Fsp3) is 0.353. The maximum Gasteiger partial charge on any atom is 0.224 e. The van der Waals surface area contributed by atoms with Gasteiger partial charge in [-0.1, -0.05) is 49.4 Å². The van der Waals surface area contributed by atoms with Crippen LogP contribution in [-0.4, -0.2) is 18.5 Å². The molecule has 2 rings (SSSR count). The van der Waals surface area contributed by atoms with E-state index in [0.29, 0.717) is 6.54 Å². The highest BCUT2D eigenvalue weighted by atomic mass is 35.5. The minimum Gasteiger partial charge on any atom is -0.355 e. The first-order valence-electron chi connectivity index (χ1n) is 7.09. The van der Waals surface area contributed by atoms with Gasteiger partial charge in [-0.3, -0.25) is 4.79 Å². The Hall–Kier alpha value is -1.58. The standard InChI is InChI=1S/C17H22N2O.ClH/c1-12(13(2)18)17(20)19-11-10-15-8-5-7-14-6-3-4-9-16(14)15;/h3-9,12-13H,10-11,18H2,1-2H3,(H,19,20);1H. The summed E-state index contributed by atoms with van der Waals surface area (Å²) in [7, 11) is 0. The summed E-state index contributed by atoms with van der Waals surface area (Å²) in [6.45, 7) is 4.36. The van der Waals surface area contributed by atoms with Gasteiger partial charge in [0.2, 0.25) is 5.91 Å². The summed E-state index contributed by atoms with van der Waals surface area (Å²) in [5, 5.41) is 5.45. The van der Waals surface area contributed by atoms with Crippen LogP contribution >= 0.6 is 12.4 Å². The highest BCUT2D eigenvalue weighted by molar-refractivity contribution is 5.86. The van der Waals surface area contributed by atoms with E-state index in [1.165, 1.54) is 16.3 Å². The number of fused-ring (bicyclic) bond motifs is 1. The van der Waals surface area contributed by atoms with Crippen LogP contribution in [0.3, 0.4) is 0 Å². The molecule has 2 aromatic carbocycles. The first kappa shape index (κ1) is 17.5. The van der Waals surface area contributed by atoms with E-state index < -0.39 is 0 Å². The largest absolute Gasteiger partial charge is 0.355 e.